The van der Waals surface area contributed by atoms with Crippen LogP contribution in [0, 0.1) is 11.6 Å². The van der Waals surface area contributed by atoms with Crippen LogP contribution in [-0.2, 0) is 4.74 Å². The molecule has 32 heavy (non-hydrogen) atoms. The van der Waals surface area contributed by atoms with Gasteiger partial charge < -0.3 is 25.4 Å². The van der Waals surface area contributed by atoms with E-state index in [9.17, 15) is 13.6 Å². The Morgan fingerprint density at radius 3 is 2.56 bits per heavy atom. The second-order valence-corrected chi connectivity index (χ2v) is 9.51. The Labute approximate surface area is 190 Å². The zero-order valence-electron chi connectivity index (χ0n) is 18.6. The van der Waals surface area contributed by atoms with Gasteiger partial charge in [0.1, 0.15) is 27.6 Å². The number of nitrogens with zero attached hydrogens (tertiary/aromatic N) is 2. The Hall–Kier alpha value is -2.88. The molecule has 2 heterocycles. The van der Waals surface area contributed by atoms with Crippen LogP contribution in [0.4, 0.5) is 19.7 Å². The molecule has 1 saturated heterocycles. The van der Waals surface area contributed by atoms with Crippen LogP contribution in [0.1, 0.15) is 48.8 Å². The molecule has 0 amide bonds. The van der Waals surface area contributed by atoms with E-state index in [1.54, 1.807) is 0 Å². The van der Waals surface area contributed by atoms with E-state index in [2.05, 4.69) is 21.8 Å². The topological polar surface area (TPSA) is 89.7 Å². The van der Waals surface area contributed by atoms with Crippen molar-refractivity contribution >= 4 is 28.1 Å². The summed E-state index contributed by atoms with van der Waals surface area (Å²) in [6.45, 7) is 11.5. The molecular weight excluding hydrogens is 438 g/mol. The van der Waals surface area contributed by atoms with Crippen molar-refractivity contribution < 1.29 is 23.0 Å². The molecule has 2 aromatic rings. The van der Waals surface area contributed by atoms with E-state index in [1.807, 2.05) is 20.8 Å². The minimum absolute atomic E-state index is 0.0275. The summed E-state index contributed by atoms with van der Waals surface area (Å²) in [5.41, 5.74) is 5.12. The number of hydrogen-bond acceptors (Lipinski definition) is 8. The summed E-state index contributed by atoms with van der Waals surface area (Å²) >= 11 is 1.01. The van der Waals surface area contributed by atoms with Crippen molar-refractivity contribution in [3.63, 3.8) is 0 Å². The van der Waals surface area contributed by atoms with Gasteiger partial charge in [-0.25, -0.2) is 13.8 Å². The molecular formula is C22H28F2N4O3S. The molecule has 1 aliphatic heterocycles. The molecule has 3 rings (SSSR count). The number of nitrogens with two attached hydrogens (primary N) is 1. The number of ether oxygens (including phenoxy) is 2. The average molecular weight is 467 g/mol. The number of carbonyl (C=O) groups is 1. The number of carbonyl (C=O) groups excluding carboxylic acids is 1. The number of piperidine rings is 1. The highest BCUT2D eigenvalue weighted by molar-refractivity contribution is 7.18. The number of nitrogen functional groups attached to an aromatic ring is 1. The maximum Gasteiger partial charge on any atom is 0.213 e. The van der Waals surface area contributed by atoms with Crippen LogP contribution < -0.4 is 15.8 Å². The number of likely N-dealkylation sites (tertiary alicyclic amines) is 1. The summed E-state index contributed by atoms with van der Waals surface area (Å²) < 4.78 is 38.9. The Bertz CT molecular complexity index is 1010. The highest BCUT2D eigenvalue weighted by atomic mass is 32.1. The van der Waals surface area contributed by atoms with E-state index in [0.29, 0.717) is 11.0 Å². The highest BCUT2D eigenvalue weighted by Crippen LogP contribution is 2.33. The molecule has 0 bridgehead atoms. The molecule has 174 valence electrons. The number of rotatable bonds is 7. The average Bonchev–Trinajstić information content (AvgIpc) is 3.08. The Balaban J connectivity index is 1.68. The summed E-state index contributed by atoms with van der Waals surface area (Å²) in [7, 11) is 1.28. The minimum Gasteiger partial charge on any atom is -0.496 e. The van der Waals surface area contributed by atoms with Crippen molar-refractivity contribution in [3.8, 4) is 5.75 Å². The number of aromatic nitrogens is 1. The van der Waals surface area contributed by atoms with Gasteiger partial charge in [0.15, 0.2) is 22.6 Å². The third-order valence-corrected chi connectivity index (χ3v) is 5.96. The minimum atomic E-state index is -1.28. The molecule has 0 saturated carbocycles. The molecule has 1 fully saturated rings. The van der Waals surface area contributed by atoms with Gasteiger partial charge >= 0.3 is 0 Å². The largest absolute Gasteiger partial charge is 0.496 e. The standard InChI is InChI=1S/C22H28F2N4O3S/c1-12(31-22(2,3)4)28-10-8-13(9-11-28)26-21-27-20(25)19(32-21)18(29)16-15(30-5)7-6-14(23)17(16)24/h6-7,13H,1,8-11,25H2,2-5H3,(H,26,27). The molecule has 1 aromatic carbocycles. The zero-order valence-corrected chi connectivity index (χ0v) is 19.4. The van der Waals surface area contributed by atoms with Crippen LogP contribution in [0.15, 0.2) is 24.6 Å². The van der Waals surface area contributed by atoms with Gasteiger partial charge in [-0.2, -0.15) is 0 Å². The van der Waals surface area contributed by atoms with Crippen LogP contribution in [-0.4, -0.2) is 47.5 Å². The van der Waals surface area contributed by atoms with Gasteiger partial charge in [-0.15, -0.1) is 0 Å². The Morgan fingerprint density at radius 2 is 1.97 bits per heavy atom. The van der Waals surface area contributed by atoms with Crippen LogP contribution >= 0.6 is 11.3 Å². The fraction of sp³-hybridized carbons (Fsp3) is 0.455. The summed E-state index contributed by atoms with van der Waals surface area (Å²) in [5, 5.41) is 3.74. The van der Waals surface area contributed by atoms with Gasteiger partial charge in [0.2, 0.25) is 5.78 Å². The zero-order chi connectivity index (χ0) is 23.6. The predicted octanol–water partition coefficient (Wildman–Crippen LogP) is 4.41. The molecule has 10 heteroatoms. The second-order valence-electron chi connectivity index (χ2n) is 8.51. The van der Waals surface area contributed by atoms with Crippen molar-refractivity contribution in [2.45, 2.75) is 45.3 Å². The molecule has 0 spiro atoms. The second kappa shape index (κ2) is 9.32. The van der Waals surface area contributed by atoms with Gasteiger partial charge in [0.05, 0.1) is 7.11 Å². The van der Waals surface area contributed by atoms with E-state index < -0.39 is 23.0 Å². The lowest BCUT2D eigenvalue weighted by Crippen LogP contribution is -2.40. The van der Waals surface area contributed by atoms with E-state index in [0.717, 1.165) is 43.3 Å². The van der Waals surface area contributed by atoms with E-state index in [1.165, 1.54) is 13.2 Å². The summed E-state index contributed by atoms with van der Waals surface area (Å²) in [5.74, 6) is -2.65. The monoisotopic (exact) mass is 466 g/mol. The van der Waals surface area contributed by atoms with Crippen LogP contribution in [0.2, 0.25) is 0 Å². The molecule has 0 aliphatic carbocycles. The lowest BCUT2D eigenvalue weighted by Gasteiger charge is -2.36. The molecule has 1 aromatic heterocycles. The summed E-state index contributed by atoms with van der Waals surface area (Å²) in [4.78, 5) is 19.2. The molecule has 0 unspecified atom stereocenters. The molecule has 1 aliphatic rings. The van der Waals surface area contributed by atoms with Crippen LogP contribution in [0.25, 0.3) is 0 Å². The van der Waals surface area contributed by atoms with Gasteiger partial charge in [0, 0.05) is 19.1 Å². The molecule has 0 radical (unpaired) electrons. The number of thiazole rings is 1. The molecule has 3 N–H and O–H groups in total. The Morgan fingerprint density at radius 1 is 1.31 bits per heavy atom. The first-order chi connectivity index (χ1) is 15.0. The number of nitrogens with one attached hydrogen (secondary N) is 1. The highest BCUT2D eigenvalue weighted by Gasteiger charge is 2.28. The van der Waals surface area contributed by atoms with Crippen LogP contribution in [0.3, 0.4) is 0 Å². The summed E-state index contributed by atoms with van der Waals surface area (Å²) in [6.07, 6.45) is 1.61. The maximum absolute atomic E-state index is 14.3. The normalized spacial score (nSPS) is 14.9. The van der Waals surface area contributed by atoms with Gasteiger partial charge in [0.25, 0.3) is 0 Å². The van der Waals surface area contributed by atoms with Crippen molar-refractivity contribution in [2.75, 3.05) is 31.2 Å². The predicted molar refractivity (Wildman–Crippen MR) is 121 cm³/mol. The van der Waals surface area contributed by atoms with E-state index in [-0.39, 0.29) is 28.1 Å². The summed E-state index contributed by atoms with van der Waals surface area (Å²) in [6, 6.07) is 2.22. The Kier molecular flexibility index (Phi) is 6.92. The fourth-order valence-electron chi connectivity index (χ4n) is 3.45. The number of benzene rings is 1. The van der Waals surface area contributed by atoms with Gasteiger partial charge in [-0.1, -0.05) is 11.3 Å². The lowest BCUT2D eigenvalue weighted by atomic mass is 10.1. The van der Waals surface area contributed by atoms with Crippen molar-refractivity contribution in [1.29, 1.82) is 0 Å². The van der Waals surface area contributed by atoms with E-state index in [4.69, 9.17) is 15.2 Å². The number of methoxy groups -OCH3 is 1. The quantitative estimate of drug-likeness (QED) is 0.462. The third-order valence-electron chi connectivity index (χ3n) is 4.96. The number of anilines is 2. The van der Waals surface area contributed by atoms with E-state index >= 15 is 0 Å². The van der Waals surface area contributed by atoms with Gasteiger partial charge in [-0.05, 0) is 52.3 Å². The SMILES string of the molecule is C=C(OC(C)(C)C)N1CCC(Nc2nc(N)c(C(=O)c3c(OC)ccc(F)c3F)s2)CC1. The van der Waals surface area contributed by atoms with Crippen molar-refractivity contribution in [2.24, 2.45) is 0 Å². The number of hydrogen-bond donors (Lipinski definition) is 2. The van der Waals surface area contributed by atoms with Crippen LogP contribution in [0.5, 0.6) is 5.75 Å². The number of halogens is 2. The third kappa shape index (κ3) is 5.29. The van der Waals surface area contributed by atoms with Gasteiger partial charge in [-0.3, -0.25) is 4.79 Å². The molecule has 7 nitrogen and oxygen atoms in total. The van der Waals surface area contributed by atoms with Crippen molar-refractivity contribution in [3.05, 3.63) is 46.7 Å². The number of ketones is 1. The van der Waals surface area contributed by atoms with Crippen molar-refractivity contribution in [1.82, 2.24) is 9.88 Å². The smallest absolute Gasteiger partial charge is 0.213 e. The first kappa shape index (κ1) is 23.8. The first-order valence-electron chi connectivity index (χ1n) is 10.2. The lowest BCUT2D eigenvalue weighted by molar-refractivity contribution is -0.00225. The first-order valence-corrected chi connectivity index (χ1v) is 11.0. The molecule has 0 atom stereocenters. The fourth-order valence-corrected chi connectivity index (χ4v) is 4.36. The maximum atomic E-state index is 14.3.